The highest BCUT2D eigenvalue weighted by molar-refractivity contribution is 6.29. The molecule has 152 valence electrons. The second kappa shape index (κ2) is 9.15. The maximum atomic E-state index is 13.2. The third-order valence-electron chi connectivity index (χ3n) is 4.33. The van der Waals surface area contributed by atoms with Gasteiger partial charge in [0.1, 0.15) is 22.8 Å². The van der Waals surface area contributed by atoms with E-state index >= 15 is 0 Å². The summed E-state index contributed by atoms with van der Waals surface area (Å²) in [5.41, 5.74) is 0.479. The lowest BCUT2D eigenvalue weighted by atomic mass is 10.0. The fraction of sp³-hybridized carbons (Fsp3) is 0.389. The van der Waals surface area contributed by atoms with E-state index in [2.05, 4.69) is 15.3 Å². The Labute approximate surface area is 170 Å². The highest BCUT2D eigenvalue weighted by atomic mass is 35.5. The lowest BCUT2D eigenvalue weighted by Gasteiger charge is -2.10. The Hall–Kier alpha value is -1.77. The van der Waals surface area contributed by atoms with Gasteiger partial charge in [-0.2, -0.15) is 13.2 Å². The van der Waals surface area contributed by atoms with Crippen molar-refractivity contribution >= 4 is 29.8 Å². The van der Waals surface area contributed by atoms with E-state index in [1.54, 1.807) is 12.1 Å². The molecular weight excluding hydrogens is 421 g/mol. The number of halogens is 6. The molecule has 10 heteroatoms. The first-order valence-corrected chi connectivity index (χ1v) is 8.70. The number of Topliss-reactive ketones (excluding diaryl/α,β-unsaturated/α-hetero) is 1. The summed E-state index contributed by atoms with van der Waals surface area (Å²) < 4.78 is 51.0. The van der Waals surface area contributed by atoms with Crippen LogP contribution in [0.1, 0.15) is 24.1 Å². The number of carbonyl (C=O) groups is 1. The molecular formula is C18H17Cl2F4N3O. The fourth-order valence-electron chi connectivity index (χ4n) is 2.93. The molecule has 2 atom stereocenters. The molecule has 28 heavy (non-hydrogen) atoms. The molecule has 1 fully saturated rings. The normalized spacial score (nSPS) is 19.3. The second-order valence-electron chi connectivity index (χ2n) is 6.37. The van der Waals surface area contributed by atoms with Crippen molar-refractivity contribution in [1.82, 2.24) is 15.3 Å². The molecule has 2 aromatic heterocycles. The second-order valence-corrected chi connectivity index (χ2v) is 6.76. The number of nitrogens with zero attached hydrogens (tertiary/aromatic N) is 2. The van der Waals surface area contributed by atoms with Gasteiger partial charge in [-0.05, 0) is 36.2 Å². The molecule has 0 saturated carbocycles. The van der Waals surface area contributed by atoms with Gasteiger partial charge in [0.2, 0.25) is 0 Å². The molecule has 3 rings (SSSR count). The number of rotatable bonds is 5. The van der Waals surface area contributed by atoms with Gasteiger partial charge >= 0.3 is 6.18 Å². The summed E-state index contributed by atoms with van der Waals surface area (Å²) in [7, 11) is 0. The molecule has 0 aliphatic carbocycles. The average Bonchev–Trinajstić information content (AvgIpc) is 3.05. The van der Waals surface area contributed by atoms with Gasteiger partial charge in [0, 0.05) is 31.1 Å². The van der Waals surface area contributed by atoms with Crippen LogP contribution in [0.15, 0.2) is 30.5 Å². The van der Waals surface area contributed by atoms with Crippen LogP contribution in [0.5, 0.6) is 0 Å². The van der Waals surface area contributed by atoms with Crippen LogP contribution in [-0.4, -0.2) is 34.5 Å². The van der Waals surface area contributed by atoms with Crippen LogP contribution >= 0.6 is 24.0 Å². The van der Waals surface area contributed by atoms with Crippen LogP contribution in [0.4, 0.5) is 17.6 Å². The van der Waals surface area contributed by atoms with Crippen molar-refractivity contribution in [2.45, 2.75) is 37.7 Å². The van der Waals surface area contributed by atoms with Crippen molar-refractivity contribution in [3.8, 4) is 11.3 Å². The number of aromatic nitrogens is 2. The van der Waals surface area contributed by atoms with E-state index < -0.39 is 24.1 Å². The van der Waals surface area contributed by atoms with Gasteiger partial charge in [0.15, 0.2) is 0 Å². The Morgan fingerprint density at radius 1 is 1.29 bits per heavy atom. The minimum atomic E-state index is -4.52. The van der Waals surface area contributed by atoms with Gasteiger partial charge in [-0.25, -0.2) is 9.37 Å². The molecule has 2 aromatic rings. The Balaban J connectivity index is 0.00000280. The molecule has 1 saturated heterocycles. The van der Waals surface area contributed by atoms with Gasteiger partial charge in [-0.1, -0.05) is 11.6 Å². The first-order valence-electron chi connectivity index (χ1n) is 8.32. The average molecular weight is 438 g/mol. The smallest absolute Gasteiger partial charge is 0.304 e. The van der Waals surface area contributed by atoms with Crippen molar-refractivity contribution in [3.63, 3.8) is 0 Å². The zero-order valence-electron chi connectivity index (χ0n) is 14.5. The number of carbonyl (C=O) groups excluding carboxylic acids is 1. The maximum Gasteiger partial charge on any atom is 0.433 e. The maximum absolute atomic E-state index is 13.2. The number of ketones is 1. The van der Waals surface area contributed by atoms with E-state index in [0.717, 1.165) is 12.3 Å². The topological polar surface area (TPSA) is 54.9 Å². The van der Waals surface area contributed by atoms with Gasteiger partial charge < -0.3 is 5.32 Å². The Morgan fingerprint density at radius 2 is 2.04 bits per heavy atom. The Morgan fingerprint density at radius 3 is 2.61 bits per heavy atom. The molecule has 0 radical (unpaired) electrons. The molecule has 1 aliphatic rings. The largest absolute Gasteiger partial charge is 0.433 e. The fourth-order valence-corrected chi connectivity index (χ4v) is 3.17. The lowest BCUT2D eigenvalue weighted by Crippen LogP contribution is -2.30. The Kier molecular flexibility index (Phi) is 7.36. The zero-order chi connectivity index (χ0) is 19.6. The molecule has 4 nitrogen and oxygen atoms in total. The minimum Gasteiger partial charge on any atom is -0.304 e. The molecule has 3 heterocycles. The van der Waals surface area contributed by atoms with Crippen LogP contribution < -0.4 is 5.32 Å². The SMILES string of the molecule is Cl.O=C(CCc1cc(Cl)nc(-c2ccc(C(F)(F)F)nc2)c1)[C@@H]1C[C@@H](F)CN1. The van der Waals surface area contributed by atoms with Crippen molar-refractivity contribution < 1.29 is 22.4 Å². The summed E-state index contributed by atoms with van der Waals surface area (Å²) in [6.45, 7) is 0.183. The molecule has 1 N–H and O–H groups in total. The van der Waals surface area contributed by atoms with Crippen LogP contribution in [0.2, 0.25) is 5.15 Å². The van der Waals surface area contributed by atoms with Gasteiger partial charge in [-0.3, -0.25) is 9.78 Å². The van der Waals surface area contributed by atoms with Gasteiger partial charge in [-0.15, -0.1) is 12.4 Å². The molecule has 0 bridgehead atoms. The summed E-state index contributed by atoms with van der Waals surface area (Å²) in [6.07, 6.45) is -3.68. The summed E-state index contributed by atoms with van der Waals surface area (Å²) in [5.74, 6) is -0.0826. The number of nitrogens with one attached hydrogen (secondary N) is 1. The molecule has 0 unspecified atom stereocenters. The van der Waals surface area contributed by atoms with E-state index in [1.807, 2.05) is 0 Å². The standard InChI is InChI=1S/C18H16ClF4N3O.ClH/c19-17-6-10(1-3-15(27)14-7-12(20)9-24-14)5-13(26-17)11-2-4-16(25-8-11)18(21,22)23;/h2,4-6,8,12,14,24H,1,3,7,9H2;1H/t12-,14+;/m1./s1. The minimum absolute atomic E-state index is 0. The van der Waals surface area contributed by atoms with Gasteiger partial charge in [0.05, 0.1) is 11.7 Å². The van der Waals surface area contributed by atoms with Crippen molar-refractivity contribution in [1.29, 1.82) is 0 Å². The van der Waals surface area contributed by atoms with Crippen LogP contribution in [0.25, 0.3) is 11.3 Å². The number of hydrogen-bond acceptors (Lipinski definition) is 4. The summed E-state index contributed by atoms with van der Waals surface area (Å²) in [4.78, 5) is 19.7. The van der Waals surface area contributed by atoms with Crippen LogP contribution in [0, 0.1) is 0 Å². The lowest BCUT2D eigenvalue weighted by molar-refractivity contribution is -0.141. The quantitative estimate of drug-likeness (QED) is 0.554. The summed E-state index contributed by atoms with van der Waals surface area (Å²) >= 11 is 6.01. The monoisotopic (exact) mass is 437 g/mol. The van der Waals surface area contributed by atoms with Crippen LogP contribution in [-0.2, 0) is 17.4 Å². The van der Waals surface area contributed by atoms with Crippen molar-refractivity contribution in [3.05, 3.63) is 46.9 Å². The van der Waals surface area contributed by atoms with Gasteiger partial charge in [0.25, 0.3) is 0 Å². The van der Waals surface area contributed by atoms with Crippen LogP contribution in [0.3, 0.4) is 0 Å². The number of aryl methyl sites for hydroxylation is 1. The first-order chi connectivity index (χ1) is 12.7. The predicted molar refractivity (Wildman–Crippen MR) is 99.4 cm³/mol. The van der Waals surface area contributed by atoms with E-state index in [4.69, 9.17) is 11.6 Å². The third-order valence-corrected chi connectivity index (χ3v) is 4.52. The molecule has 1 aliphatic heterocycles. The van der Waals surface area contributed by atoms with Crippen molar-refractivity contribution in [2.75, 3.05) is 6.54 Å². The Bertz CT molecular complexity index is 831. The zero-order valence-corrected chi connectivity index (χ0v) is 16.0. The third kappa shape index (κ3) is 5.62. The van der Waals surface area contributed by atoms with E-state index in [9.17, 15) is 22.4 Å². The highest BCUT2D eigenvalue weighted by Gasteiger charge is 2.32. The number of alkyl halides is 4. The molecule has 0 amide bonds. The first kappa shape index (κ1) is 22.5. The van der Waals surface area contributed by atoms with E-state index in [0.29, 0.717) is 23.2 Å². The molecule has 0 spiro atoms. The van der Waals surface area contributed by atoms with E-state index in [1.165, 1.54) is 6.07 Å². The molecule has 0 aromatic carbocycles. The summed E-state index contributed by atoms with van der Waals surface area (Å²) in [6, 6.07) is 4.92. The number of pyridine rings is 2. The van der Waals surface area contributed by atoms with E-state index in [-0.39, 0.29) is 42.7 Å². The number of hydrogen-bond donors (Lipinski definition) is 1. The summed E-state index contributed by atoms with van der Waals surface area (Å²) in [5, 5.41) is 3.01. The highest BCUT2D eigenvalue weighted by Crippen LogP contribution is 2.29. The predicted octanol–water partition coefficient (Wildman–Crippen LogP) is 4.44. The van der Waals surface area contributed by atoms with Crippen molar-refractivity contribution in [2.24, 2.45) is 0 Å².